The highest BCUT2D eigenvalue weighted by Crippen LogP contribution is 2.59. The third-order valence-electron chi connectivity index (χ3n) is 6.49. The van der Waals surface area contributed by atoms with Gasteiger partial charge in [0.2, 0.25) is 5.91 Å². The zero-order valence-electron chi connectivity index (χ0n) is 16.2. The van der Waals surface area contributed by atoms with E-state index in [1.165, 1.54) is 63.5 Å². The molecule has 2 N–H and O–H groups in total. The van der Waals surface area contributed by atoms with Crippen molar-refractivity contribution in [1.29, 1.82) is 0 Å². The predicted molar refractivity (Wildman–Crippen MR) is 105 cm³/mol. The second-order valence-electron chi connectivity index (χ2n) is 8.78. The Balaban J connectivity index is 1.29. The number of thioether (sulfide) groups is 1. The van der Waals surface area contributed by atoms with Crippen molar-refractivity contribution >= 4 is 23.6 Å². The Labute approximate surface area is 168 Å². The molecule has 5 rings (SSSR count). The third-order valence-corrected chi connectivity index (χ3v) is 7.37. The lowest BCUT2D eigenvalue weighted by atomic mass is 9.49. The van der Waals surface area contributed by atoms with Gasteiger partial charge in [-0.2, -0.15) is 0 Å². The monoisotopic (exact) mass is 405 g/mol. The van der Waals surface area contributed by atoms with E-state index >= 15 is 0 Å². The lowest BCUT2D eigenvalue weighted by Gasteiger charge is -2.56. The van der Waals surface area contributed by atoms with Crippen LogP contribution in [-0.2, 0) is 20.7 Å². The van der Waals surface area contributed by atoms with Crippen molar-refractivity contribution in [3.63, 3.8) is 0 Å². The van der Waals surface area contributed by atoms with Crippen molar-refractivity contribution < 1.29 is 14.3 Å². The number of ether oxygens (including phenoxy) is 1. The maximum Gasteiger partial charge on any atom is 0.311 e. The van der Waals surface area contributed by atoms with Crippen LogP contribution < -0.4 is 10.9 Å². The van der Waals surface area contributed by atoms with Crippen molar-refractivity contribution in [1.82, 2.24) is 15.3 Å². The Kier molecular flexibility index (Phi) is 5.49. The lowest BCUT2D eigenvalue weighted by Crippen LogP contribution is -2.51. The van der Waals surface area contributed by atoms with Gasteiger partial charge in [-0.15, -0.1) is 0 Å². The molecule has 4 aliphatic carbocycles. The number of hydrogen-bond donors (Lipinski definition) is 2. The minimum atomic E-state index is -0.456. The van der Waals surface area contributed by atoms with Crippen molar-refractivity contribution in [2.45, 2.75) is 50.1 Å². The number of amides is 1. The normalized spacial score (nSPS) is 30.2. The molecule has 0 aromatic carbocycles. The fourth-order valence-corrected chi connectivity index (χ4v) is 6.56. The molecular formula is C20H27N3O4S. The molecule has 152 valence electrons. The van der Waals surface area contributed by atoms with Gasteiger partial charge in [-0.05, 0) is 61.7 Å². The number of H-pyrrole nitrogens is 1. The minimum Gasteiger partial charge on any atom is -0.469 e. The highest BCUT2D eigenvalue weighted by Gasteiger charge is 2.50. The van der Waals surface area contributed by atoms with Gasteiger partial charge in [0.05, 0.1) is 25.0 Å². The molecule has 1 aromatic heterocycles. The minimum absolute atomic E-state index is 0.0400. The summed E-state index contributed by atoms with van der Waals surface area (Å²) < 4.78 is 4.60. The van der Waals surface area contributed by atoms with Gasteiger partial charge in [0, 0.05) is 12.6 Å². The molecule has 0 atom stereocenters. The molecule has 4 aliphatic rings. The molecule has 4 bridgehead atoms. The summed E-state index contributed by atoms with van der Waals surface area (Å²) in [5.74, 6) is 2.29. The van der Waals surface area contributed by atoms with Crippen LogP contribution in [0.3, 0.4) is 0 Å². The number of rotatable bonds is 7. The Bertz CT molecular complexity index is 787. The van der Waals surface area contributed by atoms with Crippen LogP contribution in [-0.4, -0.2) is 41.3 Å². The summed E-state index contributed by atoms with van der Waals surface area (Å²) in [6.45, 7) is 0.766. The van der Waals surface area contributed by atoms with E-state index in [2.05, 4.69) is 20.0 Å². The Morgan fingerprint density at radius 1 is 1.25 bits per heavy atom. The molecule has 7 nitrogen and oxygen atoms in total. The van der Waals surface area contributed by atoms with E-state index in [9.17, 15) is 14.4 Å². The number of nitrogens with one attached hydrogen (secondary N) is 2. The van der Waals surface area contributed by atoms with Gasteiger partial charge in [-0.1, -0.05) is 11.8 Å². The molecule has 1 heterocycles. The van der Waals surface area contributed by atoms with Gasteiger partial charge < -0.3 is 15.0 Å². The first-order valence-corrected chi connectivity index (χ1v) is 11.0. The predicted octanol–water partition coefficient (Wildman–Crippen LogP) is 1.91. The smallest absolute Gasteiger partial charge is 0.311 e. The first-order valence-electron chi connectivity index (χ1n) is 9.99. The molecule has 28 heavy (non-hydrogen) atoms. The van der Waals surface area contributed by atoms with Crippen molar-refractivity contribution in [3.8, 4) is 0 Å². The number of nitrogens with zero attached hydrogens (tertiary/aromatic N) is 1. The molecule has 0 unspecified atom stereocenters. The van der Waals surface area contributed by atoms with Crippen LogP contribution in [0.1, 0.15) is 44.2 Å². The van der Waals surface area contributed by atoms with E-state index in [0.717, 1.165) is 24.3 Å². The number of aromatic amines is 1. The second kappa shape index (κ2) is 7.89. The van der Waals surface area contributed by atoms with Crippen molar-refractivity contribution in [2.75, 3.05) is 19.4 Å². The average molecular weight is 406 g/mol. The lowest BCUT2D eigenvalue weighted by molar-refractivity contribution is -0.139. The number of methoxy groups -OCH3 is 1. The van der Waals surface area contributed by atoms with Gasteiger partial charge in [-0.25, -0.2) is 4.98 Å². The molecule has 0 aliphatic heterocycles. The van der Waals surface area contributed by atoms with Gasteiger partial charge in [0.25, 0.3) is 5.56 Å². The molecule has 0 radical (unpaired) electrons. The molecule has 0 spiro atoms. The summed E-state index contributed by atoms with van der Waals surface area (Å²) in [6.07, 6.45) is 7.90. The van der Waals surface area contributed by atoms with Gasteiger partial charge in [-0.3, -0.25) is 14.4 Å². The first kappa shape index (κ1) is 19.5. The first-order chi connectivity index (χ1) is 13.4. The van der Waals surface area contributed by atoms with E-state index in [4.69, 9.17) is 0 Å². The number of carbonyl (C=O) groups is 2. The van der Waals surface area contributed by atoms with Crippen LogP contribution in [0.4, 0.5) is 0 Å². The molecule has 4 fully saturated rings. The van der Waals surface area contributed by atoms with Crippen molar-refractivity contribution in [2.24, 2.45) is 23.2 Å². The molecule has 1 amide bonds. The Morgan fingerprint density at radius 2 is 1.89 bits per heavy atom. The quantitative estimate of drug-likeness (QED) is 0.408. The molecule has 1 aromatic rings. The van der Waals surface area contributed by atoms with E-state index < -0.39 is 5.97 Å². The van der Waals surface area contributed by atoms with Gasteiger partial charge in [0.1, 0.15) is 0 Å². The van der Waals surface area contributed by atoms with E-state index in [1.807, 2.05) is 0 Å². The molecule has 0 saturated heterocycles. The van der Waals surface area contributed by atoms with Crippen LogP contribution in [0.5, 0.6) is 0 Å². The summed E-state index contributed by atoms with van der Waals surface area (Å²) in [6, 6.07) is 1.27. The van der Waals surface area contributed by atoms with E-state index in [0.29, 0.717) is 16.3 Å². The molecular weight excluding hydrogens is 378 g/mol. The topological polar surface area (TPSA) is 101 Å². The fourth-order valence-electron chi connectivity index (χ4n) is 5.84. The summed E-state index contributed by atoms with van der Waals surface area (Å²) in [4.78, 5) is 42.3. The largest absolute Gasteiger partial charge is 0.469 e. The van der Waals surface area contributed by atoms with Crippen molar-refractivity contribution in [3.05, 3.63) is 22.1 Å². The number of esters is 1. The Hall–Kier alpha value is -1.83. The van der Waals surface area contributed by atoms with Crippen LogP contribution in [0.2, 0.25) is 0 Å². The number of aromatic nitrogens is 2. The summed E-state index contributed by atoms with van der Waals surface area (Å²) >= 11 is 1.18. The summed E-state index contributed by atoms with van der Waals surface area (Å²) in [5.41, 5.74) is 0.305. The Morgan fingerprint density at radius 3 is 2.50 bits per heavy atom. The third kappa shape index (κ3) is 4.42. The fraction of sp³-hybridized carbons (Fsp3) is 0.700. The highest BCUT2D eigenvalue weighted by atomic mass is 32.2. The van der Waals surface area contributed by atoms with Gasteiger partial charge >= 0.3 is 5.97 Å². The van der Waals surface area contributed by atoms with Crippen LogP contribution in [0, 0.1) is 23.2 Å². The zero-order valence-corrected chi connectivity index (χ0v) is 17.0. The van der Waals surface area contributed by atoms with E-state index in [1.54, 1.807) is 0 Å². The zero-order chi connectivity index (χ0) is 19.7. The second-order valence-corrected chi connectivity index (χ2v) is 9.74. The maximum atomic E-state index is 12.4. The van der Waals surface area contributed by atoms with E-state index in [-0.39, 0.29) is 23.6 Å². The number of hydrogen-bond acceptors (Lipinski definition) is 6. The molecule has 8 heteroatoms. The summed E-state index contributed by atoms with van der Waals surface area (Å²) in [5, 5.41) is 3.47. The molecule has 4 saturated carbocycles. The van der Waals surface area contributed by atoms with Gasteiger partial charge in [0.15, 0.2) is 5.16 Å². The average Bonchev–Trinajstić information content (AvgIpc) is 2.63. The highest BCUT2D eigenvalue weighted by molar-refractivity contribution is 7.99. The van der Waals surface area contributed by atoms with Crippen LogP contribution in [0.25, 0.3) is 0 Å². The van der Waals surface area contributed by atoms with Crippen LogP contribution >= 0.6 is 11.8 Å². The SMILES string of the molecule is COC(=O)Cc1cc(=O)[nH]c(SCC(=O)NCC23CC4CC(CC(C4)C2)C3)n1. The van der Waals surface area contributed by atoms with Crippen LogP contribution in [0.15, 0.2) is 16.0 Å². The number of carbonyl (C=O) groups excluding carboxylic acids is 2. The standard InChI is InChI=1S/C20H27N3O4S/c1-27-18(26)6-15-5-16(24)23-19(22-15)28-10-17(25)21-11-20-7-12-2-13(8-20)4-14(3-12)9-20/h5,12-14H,2-4,6-11H2,1H3,(H,21,25)(H,22,23,24). The summed E-state index contributed by atoms with van der Waals surface area (Å²) in [7, 11) is 1.29. The maximum absolute atomic E-state index is 12.4.